The quantitative estimate of drug-likeness (QED) is 0.149. The van der Waals surface area contributed by atoms with Crippen molar-refractivity contribution in [3.63, 3.8) is 0 Å². The Morgan fingerprint density at radius 2 is 1.66 bits per heavy atom. The number of phenols is 3. The van der Waals surface area contributed by atoms with Gasteiger partial charge >= 0.3 is 5.97 Å². The highest BCUT2D eigenvalue weighted by molar-refractivity contribution is 6.58. The fourth-order valence-electron chi connectivity index (χ4n) is 7.14. The molecule has 202 valence electrons. The second kappa shape index (κ2) is 8.27. The third-order valence-electron chi connectivity index (χ3n) is 8.86. The van der Waals surface area contributed by atoms with Crippen LogP contribution in [0.25, 0.3) is 22.3 Å². The number of aliphatic carboxylic acids is 1. The summed E-state index contributed by atoms with van der Waals surface area (Å²) in [7, 11) is 0. The molecule has 0 spiro atoms. The van der Waals surface area contributed by atoms with Gasteiger partial charge in [0.1, 0.15) is 4.33 Å². The molecule has 1 aliphatic heterocycles. The number of alkyl halides is 6. The minimum Gasteiger partial charge on any atom is -0.504 e. The number of hydrogen-bond donors (Lipinski definition) is 4. The molecule has 4 aliphatic carbocycles. The Morgan fingerprint density at radius 1 is 0.974 bits per heavy atom. The van der Waals surface area contributed by atoms with Gasteiger partial charge in [-0.1, -0.05) is 23.2 Å². The summed E-state index contributed by atoms with van der Waals surface area (Å²) >= 11 is 40.9. The molecule has 7 nitrogen and oxygen atoms in total. The Hall–Kier alpha value is -1.48. The lowest BCUT2D eigenvalue weighted by molar-refractivity contribution is -0.160. The number of hydrogen-bond acceptors (Lipinski definition) is 6. The molecule has 1 heterocycles. The monoisotopic (exact) mass is 640 g/mol. The van der Waals surface area contributed by atoms with Gasteiger partial charge in [-0.3, -0.25) is 9.59 Å². The average Bonchev–Trinajstić information content (AvgIpc) is 2.88. The van der Waals surface area contributed by atoms with E-state index in [4.69, 9.17) is 74.0 Å². The van der Waals surface area contributed by atoms with Gasteiger partial charge in [0.05, 0.1) is 26.9 Å². The Balaban J connectivity index is 1.66. The van der Waals surface area contributed by atoms with E-state index in [9.17, 15) is 30.0 Å². The number of rotatable bonds is 2. The highest BCUT2D eigenvalue weighted by atomic mass is 35.5. The van der Waals surface area contributed by atoms with Crippen LogP contribution >= 0.6 is 69.6 Å². The van der Waals surface area contributed by atoms with Gasteiger partial charge in [0.25, 0.3) is 0 Å². The van der Waals surface area contributed by atoms with E-state index in [1.807, 2.05) is 0 Å². The summed E-state index contributed by atoms with van der Waals surface area (Å²) in [4.78, 5) is 23.5. The zero-order valence-corrected chi connectivity index (χ0v) is 23.5. The number of carbonyl (C=O) groups is 1. The largest absolute Gasteiger partial charge is 0.504 e. The molecule has 5 aliphatic rings. The van der Waals surface area contributed by atoms with Gasteiger partial charge < -0.3 is 24.8 Å². The van der Waals surface area contributed by atoms with Crippen LogP contribution in [-0.4, -0.2) is 51.7 Å². The van der Waals surface area contributed by atoms with Crippen molar-refractivity contribution in [1.82, 2.24) is 0 Å². The molecule has 13 heteroatoms. The number of carboxylic acid groups (broad SMARTS) is 1. The van der Waals surface area contributed by atoms with Gasteiger partial charge in [-0.15, -0.1) is 46.4 Å². The molecule has 0 aromatic heterocycles. The number of carboxylic acids is 1. The van der Waals surface area contributed by atoms with Crippen molar-refractivity contribution in [3.05, 3.63) is 40.1 Å². The molecule has 8 unspecified atom stereocenters. The normalized spacial score (nSPS) is 37.5. The maximum Gasteiger partial charge on any atom is 0.307 e. The Kier molecular flexibility index (Phi) is 5.82. The first-order valence-electron chi connectivity index (χ1n) is 11.6. The molecule has 4 N–H and O–H groups in total. The first kappa shape index (κ1) is 26.7. The Bertz CT molecular complexity index is 1560. The average molecular weight is 643 g/mol. The third kappa shape index (κ3) is 2.91. The molecular formula is C25H18Cl6O7. The second-order valence-electron chi connectivity index (χ2n) is 10.3. The van der Waals surface area contributed by atoms with Crippen LogP contribution in [0, 0.1) is 17.3 Å². The van der Waals surface area contributed by atoms with Crippen molar-refractivity contribution < 1.29 is 29.6 Å². The second-order valence-corrected chi connectivity index (χ2v) is 13.7. The van der Waals surface area contributed by atoms with Gasteiger partial charge in [-0.2, -0.15) is 0 Å². The zero-order valence-electron chi connectivity index (χ0n) is 19.0. The highest BCUT2D eigenvalue weighted by Crippen LogP contribution is 2.83. The number of halogens is 6. The lowest BCUT2D eigenvalue weighted by Gasteiger charge is -2.78. The van der Waals surface area contributed by atoms with Crippen molar-refractivity contribution >= 4 is 86.5 Å². The number of phenolic OH excluding ortho intramolecular Hbond substituents is 3. The lowest BCUT2D eigenvalue weighted by Crippen LogP contribution is -2.87. The molecular weight excluding hydrogens is 625 g/mol. The first-order valence-corrected chi connectivity index (χ1v) is 14.0. The van der Waals surface area contributed by atoms with E-state index in [0.717, 1.165) is 6.07 Å². The van der Waals surface area contributed by atoms with Crippen LogP contribution in [0.2, 0.25) is 0 Å². The molecule has 1 aromatic rings. The Morgan fingerprint density at radius 3 is 2.32 bits per heavy atom. The molecule has 8 atom stereocenters. The summed E-state index contributed by atoms with van der Waals surface area (Å²) in [6.45, 7) is 0. The van der Waals surface area contributed by atoms with Crippen LogP contribution in [-0.2, 0) is 4.79 Å². The number of benzene rings is 2. The molecule has 0 amide bonds. The van der Waals surface area contributed by atoms with Gasteiger partial charge in [-0.05, 0) is 54.5 Å². The first-order chi connectivity index (χ1) is 17.7. The van der Waals surface area contributed by atoms with Crippen LogP contribution in [0.5, 0.6) is 17.2 Å². The summed E-state index contributed by atoms with van der Waals surface area (Å²) in [5.74, 6) is -5.85. The number of fused-ring (bicyclic) bond motifs is 2. The third-order valence-corrected chi connectivity index (χ3v) is 13.3. The summed E-state index contributed by atoms with van der Waals surface area (Å²) in [6, 6.07) is 5.21. The van der Waals surface area contributed by atoms with Crippen LogP contribution in [0.1, 0.15) is 24.3 Å². The van der Waals surface area contributed by atoms with Crippen molar-refractivity contribution in [2.45, 2.75) is 44.1 Å². The van der Waals surface area contributed by atoms with Crippen molar-refractivity contribution in [2.75, 3.05) is 0 Å². The minimum atomic E-state index is -1.67. The maximum atomic E-state index is 12.7. The summed E-state index contributed by atoms with van der Waals surface area (Å²) < 4.78 is 4.03. The number of aromatic hydroxyl groups is 3. The highest BCUT2D eigenvalue weighted by Gasteiger charge is 2.88. The van der Waals surface area contributed by atoms with E-state index in [1.165, 1.54) is 18.2 Å². The fourth-order valence-corrected chi connectivity index (χ4v) is 10.7. The maximum absolute atomic E-state index is 12.7. The lowest BCUT2D eigenvalue weighted by atomic mass is 9.38. The smallest absolute Gasteiger partial charge is 0.307 e. The predicted octanol–water partition coefficient (Wildman–Crippen LogP) is 6.20. The fraction of sp³-hybridized carbons (Fsp3) is 0.440. The molecule has 3 fully saturated rings. The minimum absolute atomic E-state index is 0.00541. The molecule has 2 bridgehead atoms. The topological polar surface area (TPSA) is 128 Å². The van der Waals surface area contributed by atoms with E-state index in [2.05, 4.69) is 0 Å². The van der Waals surface area contributed by atoms with Crippen LogP contribution < -0.4 is 5.43 Å². The van der Waals surface area contributed by atoms with Crippen LogP contribution in [0.3, 0.4) is 0 Å². The SMILES string of the molecule is O=C(O)C1CC2C3(Cl)C(Cl)C(Cl)C(Cl)C2(CC1c1c2ccc(=O)c(O)c-2oc2c(O)c(O)ccc12)C3(Cl)Cl. The van der Waals surface area contributed by atoms with E-state index < -0.39 is 77.2 Å². The zero-order chi connectivity index (χ0) is 27.7. The molecule has 6 rings (SSSR count). The molecule has 0 saturated heterocycles. The van der Waals surface area contributed by atoms with E-state index in [1.54, 1.807) is 0 Å². The van der Waals surface area contributed by atoms with Crippen LogP contribution in [0.15, 0.2) is 33.5 Å². The van der Waals surface area contributed by atoms with Crippen molar-refractivity contribution in [3.8, 4) is 28.6 Å². The summed E-state index contributed by atoms with van der Waals surface area (Å²) in [6.07, 6.45) is 0.0122. The molecule has 0 radical (unpaired) electrons. The molecule has 1 aromatic carbocycles. The van der Waals surface area contributed by atoms with E-state index >= 15 is 0 Å². The van der Waals surface area contributed by atoms with Gasteiger partial charge in [0.15, 0.2) is 17.1 Å². The molecule has 3 saturated carbocycles. The van der Waals surface area contributed by atoms with Gasteiger partial charge in [-0.25, -0.2) is 0 Å². The van der Waals surface area contributed by atoms with Gasteiger partial charge in [0.2, 0.25) is 16.9 Å². The van der Waals surface area contributed by atoms with Crippen molar-refractivity contribution in [1.29, 1.82) is 0 Å². The van der Waals surface area contributed by atoms with Crippen molar-refractivity contribution in [2.24, 2.45) is 17.3 Å². The summed E-state index contributed by atoms with van der Waals surface area (Å²) in [5, 5.41) is 39.3. The Labute approximate surface area is 245 Å². The molecule has 38 heavy (non-hydrogen) atoms. The van der Waals surface area contributed by atoms with Gasteiger partial charge in [0, 0.05) is 16.4 Å². The van der Waals surface area contributed by atoms with E-state index in [-0.39, 0.29) is 35.1 Å². The standard InChI is InChI=1S/C25H18Cl6O7/c26-15-20(27)23-6-10(9(22(36)37)5-13(23)24(29,21(15)28)25(23,30)31)14-7-1-3-11(32)16(34)18(7)38-19-8(14)2-4-12(33)17(19)35/h1-4,9-10,13,15,20-21,32,34-35H,5-6H2,(H,36,37). The summed E-state index contributed by atoms with van der Waals surface area (Å²) in [5.41, 5.74) is -1.58. The predicted molar refractivity (Wildman–Crippen MR) is 145 cm³/mol. The van der Waals surface area contributed by atoms with Crippen LogP contribution in [0.4, 0.5) is 0 Å². The van der Waals surface area contributed by atoms with E-state index in [0.29, 0.717) is 5.56 Å².